The van der Waals surface area contributed by atoms with Crippen LogP contribution in [0.2, 0.25) is 0 Å². The van der Waals surface area contributed by atoms with Crippen LogP contribution in [0.3, 0.4) is 0 Å². The fourth-order valence-corrected chi connectivity index (χ4v) is 5.29. The average molecular weight is 461 g/mol. The van der Waals surface area contributed by atoms with Crippen LogP contribution in [0.15, 0.2) is 65.9 Å². The van der Waals surface area contributed by atoms with Crippen LogP contribution in [-0.4, -0.2) is 33.2 Å². The van der Waals surface area contributed by atoms with Gasteiger partial charge in [-0.1, -0.05) is 79.9 Å². The maximum atomic E-state index is 13.8. The molecule has 1 amide bonds. The van der Waals surface area contributed by atoms with Crippen LogP contribution in [0.5, 0.6) is 0 Å². The molecule has 1 aliphatic rings. The Morgan fingerprint density at radius 1 is 1.09 bits per heavy atom. The molecule has 170 valence electrons. The van der Waals surface area contributed by atoms with Gasteiger partial charge in [-0.3, -0.25) is 9.59 Å². The summed E-state index contributed by atoms with van der Waals surface area (Å²) >= 11 is 1.30. The standard InChI is InChI=1S/C27H28N2O3S/c1-4-5-9-15-29-22(20-14-10-11-17(2)16-20)21(24(31)27(29)32)23(30)25-18(3)28-26(33-25)19-12-7-6-8-13-19/h6-8,10-14,16,22,31H,4-5,9,15H2,1-3H3. The first-order chi connectivity index (χ1) is 15.9. The minimum atomic E-state index is -0.608. The summed E-state index contributed by atoms with van der Waals surface area (Å²) in [6.07, 6.45) is 2.81. The normalized spacial score (nSPS) is 16.0. The summed E-state index contributed by atoms with van der Waals surface area (Å²) < 4.78 is 0. The number of hydrogen-bond acceptors (Lipinski definition) is 5. The Hall–Kier alpha value is -3.25. The number of ketones is 1. The van der Waals surface area contributed by atoms with E-state index in [4.69, 9.17) is 0 Å². The lowest BCUT2D eigenvalue weighted by Gasteiger charge is -2.27. The van der Waals surface area contributed by atoms with Gasteiger partial charge in [-0.25, -0.2) is 4.98 Å². The van der Waals surface area contributed by atoms with E-state index in [0.717, 1.165) is 41.0 Å². The lowest BCUT2D eigenvalue weighted by molar-refractivity contribution is -0.129. The van der Waals surface area contributed by atoms with Gasteiger partial charge in [0, 0.05) is 12.1 Å². The Kier molecular flexibility index (Phi) is 6.75. The van der Waals surface area contributed by atoms with Crippen LogP contribution in [0.1, 0.15) is 58.7 Å². The van der Waals surface area contributed by atoms with Crippen molar-refractivity contribution in [3.05, 3.63) is 87.6 Å². The number of carbonyl (C=O) groups is 2. The number of rotatable bonds is 8. The molecule has 0 fully saturated rings. The number of aromatic nitrogens is 1. The van der Waals surface area contributed by atoms with Crippen LogP contribution in [0, 0.1) is 13.8 Å². The minimum absolute atomic E-state index is 0.147. The summed E-state index contributed by atoms with van der Waals surface area (Å²) in [6.45, 7) is 6.37. The molecule has 0 saturated carbocycles. The number of unbranched alkanes of at least 4 members (excludes halogenated alkanes) is 2. The van der Waals surface area contributed by atoms with Crippen LogP contribution in [-0.2, 0) is 4.79 Å². The molecule has 3 aromatic rings. The highest BCUT2D eigenvalue weighted by molar-refractivity contribution is 7.17. The van der Waals surface area contributed by atoms with Gasteiger partial charge in [0.2, 0.25) is 5.78 Å². The van der Waals surface area contributed by atoms with Crippen molar-refractivity contribution in [2.75, 3.05) is 6.54 Å². The first-order valence-corrected chi connectivity index (χ1v) is 12.1. The first kappa shape index (κ1) is 22.9. The third-order valence-corrected chi connectivity index (χ3v) is 7.14. The van der Waals surface area contributed by atoms with E-state index < -0.39 is 17.7 Å². The van der Waals surface area contributed by atoms with Gasteiger partial charge < -0.3 is 10.0 Å². The van der Waals surface area contributed by atoms with E-state index >= 15 is 0 Å². The van der Waals surface area contributed by atoms with E-state index in [9.17, 15) is 14.7 Å². The Balaban J connectivity index is 1.76. The van der Waals surface area contributed by atoms with E-state index in [2.05, 4.69) is 11.9 Å². The molecule has 1 aromatic heterocycles. The highest BCUT2D eigenvalue weighted by Gasteiger charge is 2.44. The summed E-state index contributed by atoms with van der Waals surface area (Å²) in [5.41, 5.74) is 3.55. The SMILES string of the molecule is CCCCCN1C(=O)C(O)=C(C(=O)c2sc(-c3ccccc3)nc2C)C1c1cccc(C)c1. The molecule has 6 heteroatoms. The third kappa shape index (κ3) is 4.48. The molecule has 0 spiro atoms. The number of nitrogens with zero attached hydrogens (tertiary/aromatic N) is 2. The van der Waals surface area contributed by atoms with Gasteiger partial charge in [0.25, 0.3) is 5.91 Å². The summed E-state index contributed by atoms with van der Waals surface area (Å²) in [6, 6.07) is 16.9. The van der Waals surface area contributed by atoms with E-state index in [-0.39, 0.29) is 11.4 Å². The molecule has 2 aromatic carbocycles. The number of aryl methyl sites for hydroxylation is 2. The van der Waals surface area contributed by atoms with Crippen molar-refractivity contribution in [2.24, 2.45) is 0 Å². The Labute approximate surface area is 198 Å². The highest BCUT2D eigenvalue weighted by atomic mass is 32.1. The van der Waals surface area contributed by atoms with Gasteiger partial charge >= 0.3 is 0 Å². The summed E-state index contributed by atoms with van der Waals surface area (Å²) in [5, 5.41) is 11.6. The fraction of sp³-hybridized carbons (Fsp3) is 0.296. The highest BCUT2D eigenvalue weighted by Crippen LogP contribution is 2.41. The van der Waals surface area contributed by atoms with E-state index in [0.29, 0.717) is 17.1 Å². The number of aliphatic hydroxyl groups excluding tert-OH is 1. The first-order valence-electron chi connectivity index (χ1n) is 11.3. The second-order valence-corrected chi connectivity index (χ2v) is 9.41. The van der Waals surface area contributed by atoms with Crippen LogP contribution >= 0.6 is 11.3 Å². The lowest BCUT2D eigenvalue weighted by atomic mass is 9.94. The smallest absolute Gasteiger partial charge is 0.290 e. The Bertz CT molecular complexity index is 1210. The van der Waals surface area contributed by atoms with Gasteiger partial charge in [0.05, 0.1) is 22.2 Å². The van der Waals surface area contributed by atoms with Gasteiger partial charge in [-0.2, -0.15) is 0 Å². The molecule has 4 rings (SSSR count). The zero-order valence-corrected chi connectivity index (χ0v) is 20.0. The van der Waals surface area contributed by atoms with Gasteiger partial charge in [0.15, 0.2) is 5.76 Å². The summed E-state index contributed by atoms with van der Waals surface area (Å²) in [4.78, 5) is 33.6. The molecule has 33 heavy (non-hydrogen) atoms. The molecular formula is C27H28N2O3S. The largest absolute Gasteiger partial charge is 0.503 e. The Morgan fingerprint density at radius 3 is 2.55 bits per heavy atom. The number of hydrogen-bond donors (Lipinski definition) is 1. The number of benzene rings is 2. The van der Waals surface area contributed by atoms with Crippen molar-refractivity contribution in [3.63, 3.8) is 0 Å². The lowest BCUT2D eigenvalue weighted by Crippen LogP contribution is -2.32. The van der Waals surface area contributed by atoms with Crippen LogP contribution in [0.4, 0.5) is 0 Å². The van der Waals surface area contributed by atoms with E-state index in [1.807, 2.05) is 61.5 Å². The molecular weight excluding hydrogens is 432 g/mol. The molecule has 2 heterocycles. The van der Waals surface area contributed by atoms with Crippen molar-refractivity contribution in [3.8, 4) is 10.6 Å². The minimum Gasteiger partial charge on any atom is -0.503 e. The number of carbonyl (C=O) groups excluding carboxylic acids is 2. The molecule has 1 atom stereocenters. The molecule has 1 unspecified atom stereocenters. The number of thiazole rings is 1. The van der Waals surface area contributed by atoms with Crippen molar-refractivity contribution >= 4 is 23.0 Å². The zero-order chi connectivity index (χ0) is 23.5. The van der Waals surface area contributed by atoms with Crippen molar-refractivity contribution < 1.29 is 14.7 Å². The van der Waals surface area contributed by atoms with Gasteiger partial charge in [-0.05, 0) is 25.8 Å². The average Bonchev–Trinajstić information content (AvgIpc) is 3.32. The molecule has 0 aliphatic carbocycles. The number of amides is 1. The van der Waals surface area contributed by atoms with Crippen molar-refractivity contribution in [1.29, 1.82) is 0 Å². The summed E-state index contributed by atoms with van der Waals surface area (Å²) in [7, 11) is 0. The second kappa shape index (κ2) is 9.71. The molecule has 1 aliphatic heterocycles. The number of aliphatic hydroxyl groups is 1. The fourth-order valence-electron chi connectivity index (χ4n) is 4.27. The van der Waals surface area contributed by atoms with Crippen LogP contribution in [0.25, 0.3) is 10.6 Å². The van der Waals surface area contributed by atoms with Crippen molar-refractivity contribution in [2.45, 2.75) is 46.1 Å². The van der Waals surface area contributed by atoms with Crippen LogP contribution < -0.4 is 0 Å². The quantitative estimate of drug-likeness (QED) is 0.321. The number of Topliss-reactive ketones (excluding diaryl/α,β-unsaturated/α-hetero) is 1. The maximum Gasteiger partial charge on any atom is 0.290 e. The summed E-state index contributed by atoms with van der Waals surface area (Å²) in [5.74, 6) is -1.26. The van der Waals surface area contributed by atoms with E-state index in [1.54, 1.807) is 11.8 Å². The molecule has 0 saturated heterocycles. The van der Waals surface area contributed by atoms with Gasteiger partial charge in [-0.15, -0.1) is 11.3 Å². The topological polar surface area (TPSA) is 70.5 Å². The molecule has 0 bridgehead atoms. The second-order valence-electron chi connectivity index (χ2n) is 8.41. The van der Waals surface area contributed by atoms with E-state index in [1.165, 1.54) is 11.3 Å². The monoisotopic (exact) mass is 460 g/mol. The van der Waals surface area contributed by atoms with Crippen molar-refractivity contribution in [1.82, 2.24) is 9.88 Å². The molecule has 5 nitrogen and oxygen atoms in total. The third-order valence-electron chi connectivity index (χ3n) is 5.93. The predicted molar refractivity (Wildman–Crippen MR) is 131 cm³/mol. The van der Waals surface area contributed by atoms with Gasteiger partial charge in [0.1, 0.15) is 5.01 Å². The zero-order valence-electron chi connectivity index (χ0n) is 19.2. The molecule has 1 N–H and O–H groups in total. The Morgan fingerprint density at radius 2 is 1.85 bits per heavy atom. The maximum absolute atomic E-state index is 13.8. The molecule has 0 radical (unpaired) electrons. The predicted octanol–water partition coefficient (Wildman–Crippen LogP) is 6.20.